The summed E-state index contributed by atoms with van der Waals surface area (Å²) in [6.45, 7) is 6.35. The van der Waals surface area contributed by atoms with Gasteiger partial charge < -0.3 is 5.11 Å². The maximum absolute atomic E-state index is 11.2. The van der Waals surface area contributed by atoms with Crippen LogP contribution in [0.4, 0.5) is 0 Å². The lowest BCUT2D eigenvalue weighted by molar-refractivity contribution is 0.0695. The molecule has 0 atom stereocenters. The van der Waals surface area contributed by atoms with Crippen LogP contribution in [0.5, 0.6) is 0 Å². The topological polar surface area (TPSA) is 50.2 Å². The number of aryl methyl sites for hydroxylation is 1. The van der Waals surface area contributed by atoms with E-state index in [4.69, 9.17) is 0 Å². The Kier molecular flexibility index (Phi) is 4.73. The minimum absolute atomic E-state index is 0.305. The van der Waals surface area contributed by atoms with Crippen LogP contribution in [-0.4, -0.2) is 16.1 Å². The van der Waals surface area contributed by atoms with Crippen LogP contribution in [-0.2, 0) is 6.42 Å². The molecule has 0 fully saturated rings. The smallest absolute Gasteiger partial charge is 0.337 e. The van der Waals surface area contributed by atoms with Crippen LogP contribution in [0.2, 0.25) is 0 Å². The third-order valence-corrected chi connectivity index (χ3v) is 3.56. The van der Waals surface area contributed by atoms with Crippen molar-refractivity contribution >= 4 is 5.97 Å². The first kappa shape index (κ1) is 15.2. The highest BCUT2D eigenvalue weighted by molar-refractivity contribution is 5.89. The number of rotatable bonds is 5. The summed E-state index contributed by atoms with van der Waals surface area (Å²) < 4.78 is 0. The van der Waals surface area contributed by atoms with E-state index < -0.39 is 5.97 Å². The van der Waals surface area contributed by atoms with Crippen molar-refractivity contribution in [2.75, 3.05) is 0 Å². The molecule has 0 amide bonds. The highest BCUT2D eigenvalue weighted by Gasteiger charge is 2.12. The third kappa shape index (κ3) is 3.48. The molecule has 3 nitrogen and oxygen atoms in total. The van der Waals surface area contributed by atoms with Gasteiger partial charge in [0, 0.05) is 5.56 Å². The van der Waals surface area contributed by atoms with Gasteiger partial charge in [-0.15, -0.1) is 0 Å². The van der Waals surface area contributed by atoms with Gasteiger partial charge in [0.1, 0.15) is 0 Å². The van der Waals surface area contributed by atoms with Crippen molar-refractivity contribution in [3.05, 3.63) is 53.2 Å². The van der Waals surface area contributed by atoms with Crippen LogP contribution in [0, 0.1) is 0 Å². The normalized spacial score (nSPS) is 10.9. The zero-order valence-corrected chi connectivity index (χ0v) is 12.8. The van der Waals surface area contributed by atoms with Gasteiger partial charge in [-0.25, -0.2) is 4.79 Å². The molecule has 3 heteroatoms. The molecule has 0 unspecified atom stereocenters. The van der Waals surface area contributed by atoms with Gasteiger partial charge in [0.2, 0.25) is 0 Å². The molecule has 0 aliphatic rings. The highest BCUT2D eigenvalue weighted by Crippen LogP contribution is 2.23. The maximum atomic E-state index is 11.2. The van der Waals surface area contributed by atoms with Gasteiger partial charge in [0.25, 0.3) is 0 Å². The summed E-state index contributed by atoms with van der Waals surface area (Å²) in [4.78, 5) is 15.8. The lowest BCUT2D eigenvalue weighted by atomic mass is 10.00. The summed E-state index contributed by atoms with van der Waals surface area (Å²) in [5.74, 6) is -0.412. The summed E-state index contributed by atoms with van der Waals surface area (Å²) in [6.07, 6.45) is 1.56. The molecule has 2 aromatic rings. The van der Waals surface area contributed by atoms with Gasteiger partial charge in [0.05, 0.1) is 17.0 Å². The average molecular weight is 283 g/mol. The maximum Gasteiger partial charge on any atom is 0.337 e. The number of aromatic carboxylic acids is 1. The monoisotopic (exact) mass is 283 g/mol. The Hall–Kier alpha value is -2.16. The van der Waals surface area contributed by atoms with E-state index in [9.17, 15) is 9.90 Å². The van der Waals surface area contributed by atoms with E-state index in [0.29, 0.717) is 23.6 Å². The largest absolute Gasteiger partial charge is 0.478 e. The van der Waals surface area contributed by atoms with E-state index in [1.165, 1.54) is 5.56 Å². The molecule has 0 aliphatic carbocycles. The van der Waals surface area contributed by atoms with Gasteiger partial charge >= 0.3 is 5.97 Å². The van der Waals surface area contributed by atoms with E-state index in [0.717, 1.165) is 17.7 Å². The number of carboxylic acids is 1. The molecular formula is C18H21NO2. The van der Waals surface area contributed by atoms with E-state index >= 15 is 0 Å². The quantitative estimate of drug-likeness (QED) is 0.877. The van der Waals surface area contributed by atoms with Gasteiger partial charge in [-0.2, -0.15) is 0 Å². The minimum atomic E-state index is -0.910. The van der Waals surface area contributed by atoms with Crippen molar-refractivity contribution in [2.24, 2.45) is 0 Å². The number of pyridine rings is 1. The number of carbonyl (C=O) groups is 1. The van der Waals surface area contributed by atoms with Gasteiger partial charge in [0.15, 0.2) is 0 Å². The molecule has 2 rings (SSSR count). The second-order valence-corrected chi connectivity index (χ2v) is 5.52. The Morgan fingerprint density at radius 3 is 2.33 bits per heavy atom. The number of hydrogen-bond donors (Lipinski definition) is 1. The number of hydrogen-bond acceptors (Lipinski definition) is 2. The van der Waals surface area contributed by atoms with E-state index in [-0.39, 0.29) is 0 Å². The van der Waals surface area contributed by atoms with Crippen LogP contribution >= 0.6 is 0 Å². The lowest BCUT2D eigenvalue weighted by Crippen LogP contribution is -2.05. The summed E-state index contributed by atoms with van der Waals surface area (Å²) in [7, 11) is 0. The molecule has 0 spiro atoms. The van der Waals surface area contributed by atoms with Crippen LogP contribution in [0.15, 0.2) is 36.4 Å². The Bertz CT molecular complexity index is 630. The van der Waals surface area contributed by atoms with E-state index in [2.05, 4.69) is 31.0 Å². The van der Waals surface area contributed by atoms with Crippen LogP contribution in [0.1, 0.15) is 54.7 Å². The van der Waals surface area contributed by atoms with Gasteiger partial charge in [-0.05, 0) is 30.0 Å². The first-order valence-corrected chi connectivity index (χ1v) is 7.36. The molecule has 0 bridgehead atoms. The molecule has 0 radical (unpaired) electrons. The summed E-state index contributed by atoms with van der Waals surface area (Å²) >= 11 is 0. The minimum Gasteiger partial charge on any atom is -0.478 e. The molecule has 0 aliphatic heterocycles. The Morgan fingerprint density at radius 1 is 1.14 bits per heavy atom. The molecule has 110 valence electrons. The SMILES string of the molecule is CCCc1nc(-c2ccc(C(C)C)cc2)ccc1C(=O)O. The summed E-state index contributed by atoms with van der Waals surface area (Å²) in [5, 5.41) is 9.21. The van der Waals surface area contributed by atoms with E-state index in [1.54, 1.807) is 12.1 Å². The standard InChI is InChI=1S/C18H21NO2/c1-4-5-17-15(18(20)21)10-11-16(19-17)14-8-6-13(7-9-14)12(2)3/h6-12H,4-5H2,1-3H3,(H,20,21). The van der Waals surface area contributed by atoms with Crippen molar-refractivity contribution < 1.29 is 9.90 Å². The van der Waals surface area contributed by atoms with Crippen molar-refractivity contribution in [3.8, 4) is 11.3 Å². The molecule has 1 N–H and O–H groups in total. The first-order valence-electron chi connectivity index (χ1n) is 7.36. The second kappa shape index (κ2) is 6.53. The summed E-state index contributed by atoms with van der Waals surface area (Å²) in [5.41, 5.74) is 4.11. The Morgan fingerprint density at radius 2 is 1.81 bits per heavy atom. The molecule has 1 aromatic carbocycles. The van der Waals surface area contributed by atoms with Crippen LogP contribution in [0.25, 0.3) is 11.3 Å². The predicted octanol–water partition coefficient (Wildman–Crippen LogP) is 4.52. The number of carboxylic acid groups (broad SMARTS) is 1. The molecule has 21 heavy (non-hydrogen) atoms. The summed E-state index contributed by atoms with van der Waals surface area (Å²) in [6, 6.07) is 11.7. The number of nitrogens with zero attached hydrogens (tertiary/aromatic N) is 1. The molecular weight excluding hydrogens is 262 g/mol. The predicted molar refractivity (Wildman–Crippen MR) is 84.7 cm³/mol. The van der Waals surface area contributed by atoms with Crippen molar-refractivity contribution in [1.29, 1.82) is 0 Å². The second-order valence-electron chi connectivity index (χ2n) is 5.52. The van der Waals surface area contributed by atoms with Gasteiger partial charge in [-0.3, -0.25) is 4.98 Å². The Labute approximate surface area is 125 Å². The average Bonchev–Trinajstić information content (AvgIpc) is 2.47. The fraction of sp³-hybridized carbons (Fsp3) is 0.333. The highest BCUT2D eigenvalue weighted by atomic mass is 16.4. The zero-order valence-electron chi connectivity index (χ0n) is 12.8. The molecule has 0 saturated heterocycles. The zero-order chi connectivity index (χ0) is 15.4. The van der Waals surface area contributed by atoms with Crippen molar-refractivity contribution in [3.63, 3.8) is 0 Å². The van der Waals surface area contributed by atoms with Gasteiger partial charge in [-0.1, -0.05) is 51.5 Å². The van der Waals surface area contributed by atoms with Crippen LogP contribution in [0.3, 0.4) is 0 Å². The van der Waals surface area contributed by atoms with Crippen molar-refractivity contribution in [1.82, 2.24) is 4.98 Å². The number of benzene rings is 1. The first-order chi connectivity index (χ1) is 10.0. The van der Waals surface area contributed by atoms with Crippen molar-refractivity contribution in [2.45, 2.75) is 39.5 Å². The Balaban J connectivity index is 2.39. The van der Waals surface area contributed by atoms with Crippen LogP contribution < -0.4 is 0 Å². The lowest BCUT2D eigenvalue weighted by Gasteiger charge is -2.09. The molecule has 1 heterocycles. The fourth-order valence-corrected chi connectivity index (χ4v) is 2.32. The van der Waals surface area contributed by atoms with E-state index in [1.807, 2.05) is 19.1 Å². The molecule has 1 aromatic heterocycles. The third-order valence-electron chi connectivity index (χ3n) is 3.56. The number of aromatic nitrogens is 1. The fourth-order valence-electron chi connectivity index (χ4n) is 2.32. The molecule has 0 saturated carbocycles.